The largest absolute Gasteiger partial charge is 0.495 e. The number of carbonyl (C=O) groups excluding carboxylic acids is 1. The first-order chi connectivity index (χ1) is 9.52. The predicted octanol–water partition coefficient (Wildman–Crippen LogP) is 2.31. The van der Waals surface area contributed by atoms with Crippen molar-refractivity contribution in [2.45, 2.75) is 13.5 Å². The van der Waals surface area contributed by atoms with Gasteiger partial charge in [0, 0.05) is 17.5 Å². The Morgan fingerprint density at radius 1 is 1.50 bits per heavy atom. The van der Waals surface area contributed by atoms with Crippen LogP contribution in [0.4, 0.5) is 5.69 Å². The van der Waals surface area contributed by atoms with Gasteiger partial charge in [-0.1, -0.05) is 0 Å². The van der Waals surface area contributed by atoms with Crippen molar-refractivity contribution in [3.63, 3.8) is 0 Å². The predicted molar refractivity (Wildman–Crippen MR) is 80.1 cm³/mol. The highest BCUT2D eigenvalue weighted by atomic mass is 32.1. The molecule has 2 N–H and O–H groups in total. The molecule has 0 unspecified atom stereocenters. The van der Waals surface area contributed by atoms with Crippen LogP contribution in [-0.4, -0.2) is 29.9 Å². The van der Waals surface area contributed by atoms with Crippen molar-refractivity contribution < 1.29 is 9.53 Å². The molecule has 1 amide bonds. The molecule has 1 aromatic carbocycles. The Morgan fingerprint density at radius 3 is 2.85 bits per heavy atom. The summed E-state index contributed by atoms with van der Waals surface area (Å²) in [7, 11) is 3.30. The number of benzene rings is 1. The molecular formula is C14H17N3O2S. The summed E-state index contributed by atoms with van der Waals surface area (Å²) in [4.78, 5) is 19.3. The van der Waals surface area contributed by atoms with Crippen LogP contribution in [0.25, 0.3) is 0 Å². The first kappa shape index (κ1) is 14.3. The minimum atomic E-state index is -0.0731. The summed E-state index contributed by atoms with van der Waals surface area (Å²) in [5.41, 5.74) is 9.57. The van der Waals surface area contributed by atoms with E-state index >= 15 is 0 Å². The van der Waals surface area contributed by atoms with Crippen molar-refractivity contribution in [2.24, 2.45) is 0 Å². The second-order valence-electron chi connectivity index (χ2n) is 4.48. The van der Waals surface area contributed by atoms with E-state index in [-0.39, 0.29) is 5.91 Å². The molecule has 0 aliphatic heterocycles. The summed E-state index contributed by atoms with van der Waals surface area (Å²) in [5, 5.41) is 0. The molecule has 106 valence electrons. The van der Waals surface area contributed by atoms with Crippen LogP contribution in [0.3, 0.4) is 0 Å². The van der Waals surface area contributed by atoms with Crippen LogP contribution in [0.5, 0.6) is 5.75 Å². The van der Waals surface area contributed by atoms with E-state index in [9.17, 15) is 4.79 Å². The van der Waals surface area contributed by atoms with Gasteiger partial charge in [0.25, 0.3) is 5.91 Å². The standard InChI is InChI=1S/C14H17N3O2S/c1-9-13(20-8-16-9)7-17(2)14(18)10-4-5-11(15)12(6-10)19-3/h4-6,8H,7,15H2,1-3H3. The Labute approximate surface area is 122 Å². The topological polar surface area (TPSA) is 68.5 Å². The number of nitrogens with two attached hydrogens (primary N) is 1. The second kappa shape index (κ2) is 5.92. The average molecular weight is 291 g/mol. The number of hydrogen-bond donors (Lipinski definition) is 1. The van der Waals surface area contributed by atoms with E-state index in [2.05, 4.69) is 4.98 Å². The van der Waals surface area contributed by atoms with Crippen molar-refractivity contribution in [2.75, 3.05) is 19.9 Å². The van der Waals surface area contributed by atoms with Crippen molar-refractivity contribution >= 4 is 22.9 Å². The minimum absolute atomic E-state index is 0.0731. The molecule has 0 aliphatic carbocycles. The van der Waals surface area contributed by atoms with Crippen molar-refractivity contribution in [3.8, 4) is 5.75 Å². The van der Waals surface area contributed by atoms with Crippen LogP contribution >= 0.6 is 11.3 Å². The summed E-state index contributed by atoms with van der Waals surface area (Å²) < 4.78 is 5.14. The number of nitrogen functional groups attached to an aromatic ring is 1. The summed E-state index contributed by atoms with van der Waals surface area (Å²) in [6, 6.07) is 5.04. The summed E-state index contributed by atoms with van der Waals surface area (Å²) in [6.45, 7) is 2.48. The maximum Gasteiger partial charge on any atom is 0.254 e. The lowest BCUT2D eigenvalue weighted by Gasteiger charge is -2.17. The molecule has 6 heteroatoms. The van der Waals surface area contributed by atoms with E-state index in [1.165, 1.54) is 7.11 Å². The number of ether oxygens (including phenoxy) is 1. The SMILES string of the molecule is COc1cc(C(=O)N(C)Cc2scnc2C)ccc1N. The van der Waals surface area contributed by atoms with Crippen LogP contribution in [0, 0.1) is 6.92 Å². The molecule has 0 aliphatic rings. The molecule has 0 radical (unpaired) electrons. The molecule has 2 aromatic rings. The number of aromatic nitrogens is 1. The second-order valence-corrected chi connectivity index (χ2v) is 5.42. The van der Waals surface area contributed by atoms with Gasteiger partial charge < -0.3 is 15.4 Å². The number of methoxy groups -OCH3 is 1. The fourth-order valence-corrected chi connectivity index (χ4v) is 2.66. The number of rotatable bonds is 4. The fourth-order valence-electron chi connectivity index (χ4n) is 1.83. The molecule has 0 spiro atoms. The van der Waals surface area contributed by atoms with Crippen LogP contribution in [-0.2, 0) is 6.54 Å². The van der Waals surface area contributed by atoms with Gasteiger partial charge in [0.1, 0.15) is 5.75 Å². The van der Waals surface area contributed by atoms with E-state index in [1.54, 1.807) is 47.0 Å². The first-order valence-corrected chi connectivity index (χ1v) is 6.99. The van der Waals surface area contributed by atoms with Gasteiger partial charge in [-0.25, -0.2) is 4.98 Å². The zero-order chi connectivity index (χ0) is 14.7. The zero-order valence-corrected chi connectivity index (χ0v) is 12.5. The van der Waals surface area contributed by atoms with Crippen molar-refractivity contribution in [1.29, 1.82) is 0 Å². The van der Waals surface area contributed by atoms with Crippen LogP contribution < -0.4 is 10.5 Å². The molecule has 1 heterocycles. The average Bonchev–Trinajstić information content (AvgIpc) is 2.84. The van der Waals surface area contributed by atoms with E-state index in [4.69, 9.17) is 10.5 Å². The molecule has 0 saturated heterocycles. The molecule has 5 nitrogen and oxygen atoms in total. The van der Waals surface area contributed by atoms with Crippen molar-refractivity contribution in [3.05, 3.63) is 39.8 Å². The van der Waals surface area contributed by atoms with Gasteiger partial charge >= 0.3 is 0 Å². The van der Waals surface area contributed by atoms with E-state index in [0.717, 1.165) is 10.6 Å². The van der Waals surface area contributed by atoms with E-state index in [1.807, 2.05) is 6.92 Å². The lowest BCUT2D eigenvalue weighted by atomic mass is 10.1. The van der Waals surface area contributed by atoms with E-state index in [0.29, 0.717) is 23.5 Å². The highest BCUT2D eigenvalue weighted by Gasteiger charge is 2.15. The summed E-state index contributed by atoms with van der Waals surface area (Å²) >= 11 is 1.55. The third kappa shape index (κ3) is 2.91. The summed E-state index contributed by atoms with van der Waals surface area (Å²) in [5.74, 6) is 0.439. The normalized spacial score (nSPS) is 10.3. The van der Waals surface area contributed by atoms with Gasteiger partial charge in [-0.15, -0.1) is 11.3 Å². The molecule has 0 atom stereocenters. The Morgan fingerprint density at radius 2 is 2.25 bits per heavy atom. The zero-order valence-electron chi connectivity index (χ0n) is 11.7. The smallest absolute Gasteiger partial charge is 0.254 e. The highest BCUT2D eigenvalue weighted by molar-refractivity contribution is 7.09. The Balaban J connectivity index is 2.16. The molecule has 20 heavy (non-hydrogen) atoms. The molecule has 1 aromatic heterocycles. The van der Waals surface area contributed by atoms with Gasteiger partial charge in [-0.2, -0.15) is 0 Å². The Kier molecular flexibility index (Phi) is 4.24. The van der Waals surface area contributed by atoms with Crippen LogP contribution in [0.2, 0.25) is 0 Å². The number of aryl methyl sites for hydroxylation is 1. The minimum Gasteiger partial charge on any atom is -0.495 e. The third-order valence-electron chi connectivity index (χ3n) is 3.05. The lowest BCUT2D eigenvalue weighted by molar-refractivity contribution is 0.0786. The number of anilines is 1. The lowest BCUT2D eigenvalue weighted by Crippen LogP contribution is -2.26. The number of amides is 1. The third-order valence-corrected chi connectivity index (χ3v) is 3.97. The first-order valence-electron chi connectivity index (χ1n) is 6.11. The molecule has 0 fully saturated rings. The molecular weight excluding hydrogens is 274 g/mol. The maximum atomic E-state index is 12.4. The van der Waals surface area contributed by atoms with E-state index < -0.39 is 0 Å². The monoisotopic (exact) mass is 291 g/mol. The Bertz CT molecular complexity index is 625. The van der Waals surface area contributed by atoms with Gasteiger partial charge in [0.2, 0.25) is 0 Å². The molecule has 0 saturated carbocycles. The molecule has 2 rings (SSSR count). The summed E-state index contributed by atoms with van der Waals surface area (Å²) in [6.07, 6.45) is 0. The number of carbonyl (C=O) groups is 1. The Hall–Kier alpha value is -2.08. The quantitative estimate of drug-likeness (QED) is 0.878. The molecule has 0 bridgehead atoms. The number of nitrogens with zero attached hydrogens (tertiary/aromatic N) is 2. The van der Waals surface area contributed by atoms with Crippen LogP contribution in [0.15, 0.2) is 23.7 Å². The fraction of sp³-hybridized carbons (Fsp3) is 0.286. The highest BCUT2D eigenvalue weighted by Crippen LogP contribution is 2.23. The number of thiazole rings is 1. The van der Waals surface area contributed by atoms with Crippen molar-refractivity contribution in [1.82, 2.24) is 9.88 Å². The van der Waals surface area contributed by atoms with Gasteiger partial charge in [0.05, 0.1) is 30.5 Å². The van der Waals surface area contributed by atoms with Gasteiger partial charge in [-0.3, -0.25) is 4.79 Å². The van der Waals surface area contributed by atoms with Crippen LogP contribution in [0.1, 0.15) is 20.9 Å². The number of hydrogen-bond acceptors (Lipinski definition) is 5. The van der Waals surface area contributed by atoms with Gasteiger partial charge in [0.15, 0.2) is 0 Å². The van der Waals surface area contributed by atoms with Gasteiger partial charge in [-0.05, 0) is 25.1 Å². The maximum absolute atomic E-state index is 12.4.